The summed E-state index contributed by atoms with van der Waals surface area (Å²) in [5, 5.41) is 0.884. The molecule has 0 fully saturated rings. The van der Waals surface area contributed by atoms with Crippen LogP contribution >= 0.6 is 0 Å². The quantitative estimate of drug-likeness (QED) is 0.826. The van der Waals surface area contributed by atoms with Gasteiger partial charge in [0.1, 0.15) is 5.69 Å². The van der Waals surface area contributed by atoms with Gasteiger partial charge in [-0.25, -0.2) is 5.01 Å². The second-order valence-electron chi connectivity index (χ2n) is 6.51. The summed E-state index contributed by atoms with van der Waals surface area (Å²) in [6.45, 7) is 4.79. The summed E-state index contributed by atoms with van der Waals surface area (Å²) in [5.74, 6) is -1.66. The molecule has 0 aliphatic carbocycles. The van der Waals surface area contributed by atoms with Crippen LogP contribution in [0.2, 0.25) is 0 Å². The molecular weight excluding hydrogens is 347 g/mol. The number of benzene rings is 1. The van der Waals surface area contributed by atoms with E-state index in [0.29, 0.717) is 0 Å². The molecule has 1 aromatic carbocycles. The second kappa shape index (κ2) is 7.15. The van der Waals surface area contributed by atoms with E-state index in [9.17, 15) is 22.8 Å². The monoisotopic (exact) mass is 365 g/mol. The van der Waals surface area contributed by atoms with E-state index in [1.54, 1.807) is 32.9 Å². The smallest absolute Gasteiger partial charge is 0.267 e. The molecule has 0 bridgehead atoms. The Morgan fingerprint density at radius 2 is 1.62 bits per heavy atom. The van der Waals surface area contributed by atoms with Crippen LogP contribution in [0.5, 0.6) is 0 Å². The van der Waals surface area contributed by atoms with Gasteiger partial charge in [-0.05, 0) is 45.0 Å². The summed E-state index contributed by atoms with van der Waals surface area (Å²) in [5.41, 5.74) is -0.175. The molecule has 5 nitrogen and oxygen atoms in total. The number of pyridine rings is 1. The Bertz CT molecular complexity index is 799. The van der Waals surface area contributed by atoms with Gasteiger partial charge in [-0.1, -0.05) is 18.2 Å². The lowest BCUT2D eigenvalue weighted by atomic mass is 10.0. The maximum Gasteiger partial charge on any atom is 0.417 e. The highest BCUT2D eigenvalue weighted by atomic mass is 19.4. The molecule has 0 radical (unpaired) electrons. The zero-order valence-electron chi connectivity index (χ0n) is 14.5. The van der Waals surface area contributed by atoms with Crippen molar-refractivity contribution in [1.82, 2.24) is 15.4 Å². The van der Waals surface area contributed by atoms with Gasteiger partial charge in [0.25, 0.3) is 11.8 Å². The van der Waals surface area contributed by atoms with Crippen LogP contribution < -0.4 is 5.43 Å². The molecule has 2 rings (SSSR count). The van der Waals surface area contributed by atoms with Gasteiger partial charge in [-0.2, -0.15) is 13.2 Å². The highest BCUT2D eigenvalue weighted by Gasteiger charge is 2.38. The van der Waals surface area contributed by atoms with Crippen molar-refractivity contribution in [3.63, 3.8) is 0 Å². The van der Waals surface area contributed by atoms with Gasteiger partial charge in [0.2, 0.25) is 0 Å². The second-order valence-corrected chi connectivity index (χ2v) is 6.51. The van der Waals surface area contributed by atoms with E-state index in [-0.39, 0.29) is 5.69 Å². The van der Waals surface area contributed by atoms with Gasteiger partial charge in [0.05, 0.1) is 16.7 Å². The minimum absolute atomic E-state index is 0.0404. The van der Waals surface area contributed by atoms with Crippen LogP contribution in [0.4, 0.5) is 13.2 Å². The van der Waals surface area contributed by atoms with Gasteiger partial charge in [-0.3, -0.25) is 20.0 Å². The fraction of sp³-hybridized carbons (Fsp3) is 0.278. The summed E-state index contributed by atoms with van der Waals surface area (Å²) in [6, 6.07) is 9.08. The number of aromatic nitrogens is 1. The minimum atomic E-state index is -4.69. The Hall–Kier alpha value is -2.90. The molecule has 1 aromatic heterocycles. The Balaban J connectivity index is 2.40. The van der Waals surface area contributed by atoms with E-state index in [1.807, 2.05) is 0 Å². The Morgan fingerprint density at radius 3 is 2.15 bits per heavy atom. The lowest BCUT2D eigenvalue weighted by Gasteiger charge is -2.35. The Labute approximate surface area is 148 Å². The van der Waals surface area contributed by atoms with E-state index in [1.165, 1.54) is 24.4 Å². The molecule has 0 aliphatic heterocycles. The van der Waals surface area contributed by atoms with Crippen LogP contribution in [0.3, 0.4) is 0 Å². The van der Waals surface area contributed by atoms with E-state index in [4.69, 9.17) is 0 Å². The van der Waals surface area contributed by atoms with Crippen molar-refractivity contribution in [1.29, 1.82) is 0 Å². The third-order valence-corrected chi connectivity index (χ3v) is 3.45. The number of carbonyl (C=O) groups excluding carboxylic acids is 2. The number of halogens is 3. The summed E-state index contributed by atoms with van der Waals surface area (Å²) in [7, 11) is 0. The zero-order chi connectivity index (χ0) is 19.5. The predicted molar refractivity (Wildman–Crippen MR) is 89.1 cm³/mol. The summed E-state index contributed by atoms with van der Waals surface area (Å²) >= 11 is 0. The van der Waals surface area contributed by atoms with Crippen molar-refractivity contribution < 1.29 is 22.8 Å². The van der Waals surface area contributed by atoms with Crippen molar-refractivity contribution in [2.24, 2.45) is 0 Å². The van der Waals surface area contributed by atoms with Crippen molar-refractivity contribution in [3.05, 3.63) is 65.5 Å². The number of rotatable bonds is 2. The number of alkyl halides is 3. The fourth-order valence-electron chi connectivity index (χ4n) is 2.22. The molecule has 0 unspecified atom stereocenters. The van der Waals surface area contributed by atoms with Crippen molar-refractivity contribution in [2.75, 3.05) is 0 Å². The molecule has 0 aliphatic rings. The number of nitrogens with zero attached hydrogens (tertiary/aromatic N) is 2. The summed E-state index contributed by atoms with van der Waals surface area (Å²) < 4.78 is 39.7. The highest BCUT2D eigenvalue weighted by molar-refractivity contribution is 5.99. The van der Waals surface area contributed by atoms with E-state index in [0.717, 1.165) is 17.1 Å². The molecule has 0 saturated heterocycles. The fourth-order valence-corrected chi connectivity index (χ4v) is 2.22. The number of hydrogen-bond acceptors (Lipinski definition) is 3. The molecular formula is C18H18F3N3O2. The van der Waals surface area contributed by atoms with E-state index < -0.39 is 34.7 Å². The molecule has 8 heteroatoms. The first-order valence-corrected chi connectivity index (χ1v) is 7.74. The average molecular weight is 365 g/mol. The van der Waals surface area contributed by atoms with Crippen LogP contribution in [0.15, 0.2) is 48.7 Å². The van der Waals surface area contributed by atoms with Gasteiger partial charge in [0.15, 0.2) is 0 Å². The van der Waals surface area contributed by atoms with Crippen LogP contribution in [0.1, 0.15) is 47.2 Å². The van der Waals surface area contributed by atoms with Gasteiger partial charge in [-0.15, -0.1) is 0 Å². The average Bonchev–Trinajstić information content (AvgIpc) is 2.58. The topological polar surface area (TPSA) is 62.3 Å². The number of hydrazine groups is 1. The van der Waals surface area contributed by atoms with E-state index >= 15 is 0 Å². The molecule has 2 aromatic rings. The van der Waals surface area contributed by atoms with E-state index in [2.05, 4.69) is 10.4 Å². The van der Waals surface area contributed by atoms with Crippen LogP contribution in [-0.2, 0) is 6.18 Å². The number of hydrogen-bond donors (Lipinski definition) is 1. The number of amides is 2. The molecule has 0 saturated carbocycles. The largest absolute Gasteiger partial charge is 0.417 e. The Kier molecular flexibility index (Phi) is 5.34. The highest BCUT2D eigenvalue weighted by Crippen LogP contribution is 2.33. The van der Waals surface area contributed by atoms with Gasteiger partial charge >= 0.3 is 6.18 Å². The maximum atomic E-state index is 13.2. The minimum Gasteiger partial charge on any atom is -0.267 e. The van der Waals surface area contributed by atoms with Crippen LogP contribution in [0.25, 0.3) is 0 Å². The first-order valence-electron chi connectivity index (χ1n) is 7.74. The molecule has 0 atom stereocenters. The lowest BCUT2D eigenvalue weighted by molar-refractivity contribution is -0.138. The summed E-state index contributed by atoms with van der Waals surface area (Å²) in [4.78, 5) is 29.0. The third-order valence-electron chi connectivity index (χ3n) is 3.45. The normalized spacial score (nSPS) is 11.8. The molecule has 26 heavy (non-hydrogen) atoms. The number of carbonyl (C=O) groups is 2. The Morgan fingerprint density at radius 1 is 1.00 bits per heavy atom. The lowest BCUT2D eigenvalue weighted by Crippen LogP contribution is -2.56. The maximum absolute atomic E-state index is 13.2. The standard InChI is InChI=1S/C18H18F3N3O2/c1-17(2,3)24(23-15(25)14-10-6-7-11-22-14)16(26)12-8-4-5-9-13(12)18(19,20)21/h4-11H,1-3H3,(H,23,25). The van der Waals surface area contributed by atoms with Crippen LogP contribution in [-0.4, -0.2) is 27.3 Å². The molecule has 138 valence electrons. The molecule has 2 amide bonds. The first kappa shape index (κ1) is 19.4. The van der Waals surface area contributed by atoms with Crippen LogP contribution in [0, 0.1) is 0 Å². The molecule has 0 spiro atoms. The molecule has 1 heterocycles. The number of nitrogens with one attached hydrogen (secondary N) is 1. The SMILES string of the molecule is CC(C)(C)N(NC(=O)c1ccccn1)C(=O)c1ccccc1C(F)(F)F. The van der Waals surface area contributed by atoms with Gasteiger partial charge < -0.3 is 0 Å². The summed E-state index contributed by atoms with van der Waals surface area (Å²) in [6.07, 6.45) is -3.29. The zero-order valence-corrected chi connectivity index (χ0v) is 14.5. The van der Waals surface area contributed by atoms with Crippen molar-refractivity contribution in [3.8, 4) is 0 Å². The van der Waals surface area contributed by atoms with Crippen molar-refractivity contribution in [2.45, 2.75) is 32.5 Å². The molecule has 1 N–H and O–H groups in total. The first-order chi connectivity index (χ1) is 12.0. The third kappa shape index (κ3) is 4.38. The predicted octanol–water partition coefficient (Wildman–Crippen LogP) is 3.69. The van der Waals surface area contributed by atoms with Crippen molar-refractivity contribution >= 4 is 11.8 Å². The van der Waals surface area contributed by atoms with Gasteiger partial charge in [0, 0.05) is 6.20 Å².